The molecule has 2 N–H and O–H groups in total. The van der Waals surface area contributed by atoms with Crippen LogP contribution in [0.2, 0.25) is 0 Å². The van der Waals surface area contributed by atoms with Gasteiger partial charge in [0.15, 0.2) is 0 Å². The van der Waals surface area contributed by atoms with Crippen LogP contribution in [-0.2, 0) is 9.59 Å². The fourth-order valence-electron chi connectivity index (χ4n) is 8.64. The molecular formula is C34H52N2O6. The first kappa shape index (κ1) is 33.6. The van der Waals surface area contributed by atoms with Gasteiger partial charge in [0.2, 0.25) is 12.8 Å². The molecule has 8 nitrogen and oxygen atoms in total. The van der Waals surface area contributed by atoms with Crippen molar-refractivity contribution in [1.29, 1.82) is 0 Å². The van der Waals surface area contributed by atoms with E-state index in [4.69, 9.17) is 0 Å². The van der Waals surface area contributed by atoms with Crippen LogP contribution >= 0.6 is 0 Å². The molecule has 2 saturated heterocycles. The number of carboxylic acid groups (broad SMARTS) is 2. The normalized spacial score (nSPS) is 36.9. The molecule has 234 valence electrons. The number of carboxylic acids is 2. The van der Waals surface area contributed by atoms with Crippen LogP contribution in [-0.4, -0.2) is 66.9 Å². The third-order valence-corrected chi connectivity index (χ3v) is 12.4. The van der Waals surface area contributed by atoms with Gasteiger partial charge < -0.3 is 20.0 Å². The number of hydrogen-bond donors (Lipinski definition) is 2. The van der Waals surface area contributed by atoms with Gasteiger partial charge >= 0.3 is 11.9 Å². The minimum atomic E-state index is -1.27. The predicted molar refractivity (Wildman–Crippen MR) is 164 cm³/mol. The number of nitrogens with zero attached hydrogens (tertiary/aromatic N) is 2. The van der Waals surface area contributed by atoms with Crippen molar-refractivity contribution in [2.24, 2.45) is 11.8 Å². The Morgan fingerprint density at radius 1 is 0.762 bits per heavy atom. The van der Waals surface area contributed by atoms with E-state index in [0.29, 0.717) is 31.2 Å². The molecule has 3 rings (SSSR count). The van der Waals surface area contributed by atoms with E-state index in [1.54, 1.807) is 0 Å². The Bertz CT molecular complexity index is 1230. The number of benzene rings is 1. The van der Waals surface area contributed by atoms with E-state index in [1.165, 1.54) is 6.07 Å². The maximum atomic E-state index is 13.1. The lowest BCUT2D eigenvalue weighted by Crippen LogP contribution is -2.66. The minimum Gasteiger partial charge on any atom is -0.478 e. The maximum Gasteiger partial charge on any atom is 0.336 e. The van der Waals surface area contributed by atoms with E-state index < -0.39 is 34.1 Å². The van der Waals surface area contributed by atoms with Crippen molar-refractivity contribution in [3.8, 4) is 0 Å². The van der Waals surface area contributed by atoms with Gasteiger partial charge in [-0.2, -0.15) is 0 Å². The molecule has 8 heteroatoms. The van der Waals surface area contributed by atoms with Crippen LogP contribution in [0.1, 0.15) is 151 Å². The fraction of sp³-hybridized carbons (Fsp3) is 0.706. The molecule has 0 spiro atoms. The largest absolute Gasteiger partial charge is 0.478 e. The standard InChI is InChI=1S/C34H52N2O6/c1-11-31(7)17-25(21(5)33(9,13-3)35(31)19-37)23-15-16-24(29(39)40)28(30(41)42)27(23)26-18-32(8,12-2)36(20-38)34(10,14-4)22(26)6/h15-16,19-22,25-26H,11-14,17-18H2,1-10H3,(H,39,40)(H,41,42). The van der Waals surface area contributed by atoms with Crippen LogP contribution in [0.25, 0.3) is 0 Å². The average molecular weight is 585 g/mol. The first-order chi connectivity index (χ1) is 19.5. The Morgan fingerprint density at radius 2 is 1.19 bits per heavy atom. The van der Waals surface area contributed by atoms with E-state index in [1.807, 2.05) is 22.8 Å². The Balaban J connectivity index is 2.46. The highest BCUT2D eigenvalue weighted by molar-refractivity contribution is 6.03. The van der Waals surface area contributed by atoms with Crippen LogP contribution in [0.4, 0.5) is 0 Å². The number of carbonyl (C=O) groups excluding carboxylic acids is 2. The zero-order valence-electron chi connectivity index (χ0n) is 27.3. The smallest absolute Gasteiger partial charge is 0.336 e. The van der Waals surface area contributed by atoms with E-state index in [9.17, 15) is 29.4 Å². The lowest BCUT2D eigenvalue weighted by molar-refractivity contribution is -0.147. The van der Waals surface area contributed by atoms with Crippen molar-refractivity contribution in [3.05, 3.63) is 34.4 Å². The molecule has 0 bridgehead atoms. The van der Waals surface area contributed by atoms with Gasteiger partial charge in [-0.3, -0.25) is 9.59 Å². The molecule has 0 aliphatic carbocycles. The monoisotopic (exact) mass is 584 g/mol. The van der Waals surface area contributed by atoms with E-state index >= 15 is 0 Å². The molecule has 8 unspecified atom stereocenters. The van der Waals surface area contributed by atoms with Gasteiger partial charge in [0, 0.05) is 22.2 Å². The van der Waals surface area contributed by atoms with Crippen molar-refractivity contribution in [1.82, 2.24) is 9.80 Å². The summed E-state index contributed by atoms with van der Waals surface area (Å²) in [7, 11) is 0. The molecule has 2 amide bonds. The molecule has 2 heterocycles. The van der Waals surface area contributed by atoms with E-state index in [-0.39, 0.29) is 34.8 Å². The molecule has 0 saturated carbocycles. The van der Waals surface area contributed by atoms with Gasteiger partial charge in [-0.1, -0.05) is 47.6 Å². The average Bonchev–Trinajstić information content (AvgIpc) is 2.96. The highest BCUT2D eigenvalue weighted by atomic mass is 16.4. The lowest BCUT2D eigenvalue weighted by Gasteiger charge is -2.61. The van der Waals surface area contributed by atoms with Gasteiger partial charge in [-0.25, -0.2) is 9.59 Å². The molecule has 8 atom stereocenters. The van der Waals surface area contributed by atoms with Gasteiger partial charge in [0.25, 0.3) is 0 Å². The lowest BCUT2D eigenvalue weighted by atomic mass is 9.58. The Kier molecular flexibility index (Phi) is 9.32. The second-order valence-electron chi connectivity index (χ2n) is 13.9. The van der Waals surface area contributed by atoms with Crippen LogP contribution in [0.5, 0.6) is 0 Å². The molecule has 1 aromatic rings. The second-order valence-corrected chi connectivity index (χ2v) is 13.9. The highest BCUT2D eigenvalue weighted by Crippen LogP contribution is 2.57. The summed E-state index contributed by atoms with van der Waals surface area (Å²) < 4.78 is 0. The summed E-state index contributed by atoms with van der Waals surface area (Å²) in [5, 5.41) is 20.8. The molecule has 2 fully saturated rings. The number of likely N-dealkylation sites (tertiary alicyclic amines) is 2. The van der Waals surface area contributed by atoms with Gasteiger partial charge in [-0.05, 0) is 107 Å². The van der Waals surface area contributed by atoms with Crippen LogP contribution in [0, 0.1) is 11.8 Å². The molecule has 0 aromatic heterocycles. The third-order valence-electron chi connectivity index (χ3n) is 12.4. The van der Waals surface area contributed by atoms with Crippen LogP contribution in [0.15, 0.2) is 12.1 Å². The zero-order valence-corrected chi connectivity index (χ0v) is 27.3. The molecule has 42 heavy (non-hydrogen) atoms. The van der Waals surface area contributed by atoms with Crippen molar-refractivity contribution >= 4 is 24.8 Å². The summed E-state index contributed by atoms with van der Waals surface area (Å²) in [6, 6.07) is 3.31. The first-order valence-corrected chi connectivity index (χ1v) is 15.6. The molecular weight excluding hydrogens is 532 g/mol. The summed E-state index contributed by atoms with van der Waals surface area (Å²) >= 11 is 0. The van der Waals surface area contributed by atoms with E-state index in [2.05, 4.69) is 62.3 Å². The molecule has 1 aromatic carbocycles. The van der Waals surface area contributed by atoms with Crippen molar-refractivity contribution in [2.45, 2.75) is 142 Å². The minimum absolute atomic E-state index is 0.0242. The molecule has 2 aliphatic rings. The third kappa shape index (κ3) is 4.83. The van der Waals surface area contributed by atoms with Crippen LogP contribution in [0.3, 0.4) is 0 Å². The quantitative estimate of drug-likeness (QED) is 0.289. The number of hydrogen-bond acceptors (Lipinski definition) is 4. The van der Waals surface area contributed by atoms with Crippen LogP contribution < -0.4 is 0 Å². The summed E-state index contributed by atoms with van der Waals surface area (Å²) in [6.45, 7) is 20.8. The maximum absolute atomic E-state index is 13.1. The SMILES string of the molecule is CCC1(C)CC(c2ccc(C(=O)O)c(C(=O)O)c2C2CC(C)(CC)N(C=O)C(C)(CC)C2C)C(C)C(C)(CC)N1C=O. The summed E-state index contributed by atoms with van der Waals surface area (Å²) in [5.41, 5.74) is -0.951. The number of aromatic carboxylic acids is 2. The number of piperidine rings is 2. The predicted octanol–water partition coefficient (Wildman–Crippen LogP) is 6.92. The summed E-state index contributed by atoms with van der Waals surface area (Å²) in [6.07, 6.45) is 5.86. The Hall–Kier alpha value is -2.90. The number of rotatable bonds is 10. The molecule has 0 radical (unpaired) electrons. The topological polar surface area (TPSA) is 115 Å². The number of carbonyl (C=O) groups is 4. The first-order valence-electron chi connectivity index (χ1n) is 15.6. The zero-order chi connectivity index (χ0) is 32.0. The Labute approximate surface area is 251 Å². The van der Waals surface area contributed by atoms with Crippen molar-refractivity contribution < 1.29 is 29.4 Å². The van der Waals surface area contributed by atoms with Crippen molar-refractivity contribution in [3.63, 3.8) is 0 Å². The summed E-state index contributed by atoms with van der Waals surface area (Å²) in [4.78, 5) is 54.5. The van der Waals surface area contributed by atoms with Gasteiger partial charge in [0.1, 0.15) is 0 Å². The van der Waals surface area contributed by atoms with Gasteiger partial charge in [-0.15, -0.1) is 0 Å². The number of amides is 2. The highest BCUT2D eigenvalue weighted by Gasteiger charge is 2.56. The van der Waals surface area contributed by atoms with Crippen molar-refractivity contribution in [2.75, 3.05) is 0 Å². The summed E-state index contributed by atoms with van der Waals surface area (Å²) in [5.74, 6) is -3.09. The second kappa shape index (κ2) is 11.6. The Morgan fingerprint density at radius 3 is 1.55 bits per heavy atom. The molecule has 2 aliphatic heterocycles. The van der Waals surface area contributed by atoms with Gasteiger partial charge in [0.05, 0.1) is 11.1 Å². The van der Waals surface area contributed by atoms with E-state index in [0.717, 1.165) is 31.2 Å². The fourth-order valence-corrected chi connectivity index (χ4v) is 8.64.